The molecule has 0 amide bonds. The molecule has 5 nitrogen and oxygen atoms in total. The summed E-state index contributed by atoms with van der Waals surface area (Å²) in [6, 6.07) is -0.685. The van der Waals surface area contributed by atoms with Crippen molar-refractivity contribution in [1.29, 1.82) is 0 Å². The van der Waals surface area contributed by atoms with E-state index in [0.29, 0.717) is 10.9 Å². The molecule has 1 fully saturated rings. The van der Waals surface area contributed by atoms with Crippen LogP contribution in [0.1, 0.15) is 35.5 Å². The molecule has 1 aliphatic heterocycles. The molecule has 0 bridgehead atoms. The molecule has 2 N–H and O–H groups in total. The minimum Gasteiger partial charge on any atom is -0.480 e. The molecule has 1 unspecified atom stereocenters. The number of likely N-dealkylation sites (tertiary alicyclic amines) is 1. The second-order valence-corrected chi connectivity index (χ2v) is 5.64. The first-order chi connectivity index (χ1) is 8.61. The van der Waals surface area contributed by atoms with Gasteiger partial charge in [-0.2, -0.15) is 0 Å². The SMILES string of the molecule is CNC(C(=O)O)c1nc(C2CCN(C)CC2)cs1. The van der Waals surface area contributed by atoms with E-state index >= 15 is 0 Å². The molecule has 2 rings (SSSR count). The van der Waals surface area contributed by atoms with Gasteiger partial charge in [-0.1, -0.05) is 0 Å². The highest BCUT2D eigenvalue weighted by molar-refractivity contribution is 7.09. The average molecular weight is 269 g/mol. The van der Waals surface area contributed by atoms with Crippen LogP contribution in [0, 0.1) is 0 Å². The van der Waals surface area contributed by atoms with Gasteiger partial charge in [0.1, 0.15) is 5.01 Å². The molecule has 0 radical (unpaired) electrons. The van der Waals surface area contributed by atoms with E-state index in [2.05, 4.69) is 22.2 Å². The number of thiazole rings is 1. The molecular formula is C12H19N3O2S. The Morgan fingerprint density at radius 2 is 2.28 bits per heavy atom. The fourth-order valence-corrected chi connectivity index (χ4v) is 3.28. The smallest absolute Gasteiger partial charge is 0.327 e. The number of likely N-dealkylation sites (N-methyl/N-ethyl adjacent to an activating group) is 1. The molecule has 1 aromatic rings. The topological polar surface area (TPSA) is 65.5 Å². The van der Waals surface area contributed by atoms with E-state index in [1.54, 1.807) is 7.05 Å². The lowest BCUT2D eigenvalue weighted by Crippen LogP contribution is -2.29. The Balaban J connectivity index is 2.08. The molecule has 1 atom stereocenters. The maximum absolute atomic E-state index is 11.1. The Kier molecular flexibility index (Phi) is 4.31. The normalized spacial score (nSPS) is 19.9. The number of nitrogens with one attached hydrogen (secondary N) is 1. The first-order valence-corrected chi connectivity index (χ1v) is 7.03. The van der Waals surface area contributed by atoms with Crippen LogP contribution >= 0.6 is 11.3 Å². The fraction of sp³-hybridized carbons (Fsp3) is 0.667. The number of piperidine rings is 1. The Hall–Kier alpha value is -0.980. The molecule has 2 heterocycles. The molecule has 1 saturated heterocycles. The molecule has 6 heteroatoms. The summed E-state index contributed by atoms with van der Waals surface area (Å²) >= 11 is 1.44. The van der Waals surface area contributed by atoms with E-state index < -0.39 is 12.0 Å². The number of rotatable bonds is 4. The number of aromatic nitrogens is 1. The molecule has 1 aromatic heterocycles. The number of carboxylic acids is 1. The van der Waals surface area contributed by atoms with Crippen LogP contribution in [0.25, 0.3) is 0 Å². The number of aliphatic carboxylic acids is 1. The van der Waals surface area contributed by atoms with Crippen molar-refractivity contribution < 1.29 is 9.90 Å². The van der Waals surface area contributed by atoms with E-state index in [4.69, 9.17) is 5.11 Å². The van der Waals surface area contributed by atoms with Crippen LogP contribution < -0.4 is 5.32 Å². The molecule has 1 aliphatic rings. The average Bonchev–Trinajstić information content (AvgIpc) is 2.80. The lowest BCUT2D eigenvalue weighted by molar-refractivity contribution is -0.139. The molecule has 0 aliphatic carbocycles. The van der Waals surface area contributed by atoms with Crippen LogP contribution in [0.5, 0.6) is 0 Å². The second kappa shape index (κ2) is 5.77. The Morgan fingerprint density at radius 1 is 1.61 bits per heavy atom. The van der Waals surface area contributed by atoms with Gasteiger partial charge in [-0.3, -0.25) is 4.79 Å². The Morgan fingerprint density at radius 3 is 2.83 bits per heavy atom. The van der Waals surface area contributed by atoms with Crippen LogP contribution in [0.2, 0.25) is 0 Å². The van der Waals surface area contributed by atoms with Crippen LogP contribution in [-0.4, -0.2) is 48.1 Å². The zero-order valence-electron chi connectivity index (χ0n) is 10.7. The Labute approximate surface area is 111 Å². The summed E-state index contributed by atoms with van der Waals surface area (Å²) in [4.78, 5) is 17.9. The van der Waals surface area contributed by atoms with Gasteiger partial charge in [0.05, 0.1) is 5.69 Å². The van der Waals surface area contributed by atoms with Gasteiger partial charge in [0.2, 0.25) is 0 Å². The molecule has 100 valence electrons. The van der Waals surface area contributed by atoms with E-state index in [9.17, 15) is 4.79 Å². The standard InChI is InChI=1S/C12H19N3O2S/c1-13-10(12(16)17)11-14-9(7-18-11)8-3-5-15(2)6-4-8/h7-8,10,13H,3-6H2,1-2H3,(H,16,17). The van der Waals surface area contributed by atoms with Gasteiger partial charge < -0.3 is 15.3 Å². The summed E-state index contributed by atoms with van der Waals surface area (Å²) in [6.45, 7) is 2.18. The lowest BCUT2D eigenvalue weighted by Gasteiger charge is -2.27. The summed E-state index contributed by atoms with van der Waals surface area (Å²) in [5.74, 6) is -0.390. The summed E-state index contributed by atoms with van der Waals surface area (Å²) in [5.41, 5.74) is 1.06. The fourth-order valence-electron chi connectivity index (χ4n) is 2.28. The third-order valence-electron chi connectivity index (χ3n) is 3.46. The number of hydrogen-bond acceptors (Lipinski definition) is 5. The van der Waals surface area contributed by atoms with E-state index in [1.165, 1.54) is 11.3 Å². The predicted molar refractivity (Wildman–Crippen MR) is 71.0 cm³/mol. The van der Waals surface area contributed by atoms with Gasteiger partial charge in [0.25, 0.3) is 0 Å². The van der Waals surface area contributed by atoms with Crippen molar-refractivity contribution in [2.75, 3.05) is 27.2 Å². The van der Waals surface area contributed by atoms with Crippen molar-refractivity contribution in [3.63, 3.8) is 0 Å². The van der Waals surface area contributed by atoms with Gasteiger partial charge in [0.15, 0.2) is 6.04 Å². The van der Waals surface area contributed by atoms with Gasteiger partial charge in [-0.25, -0.2) is 4.98 Å². The summed E-state index contributed by atoms with van der Waals surface area (Å²) in [7, 11) is 3.78. The molecule has 18 heavy (non-hydrogen) atoms. The van der Waals surface area contributed by atoms with Crippen molar-refractivity contribution in [1.82, 2.24) is 15.2 Å². The zero-order chi connectivity index (χ0) is 13.1. The maximum atomic E-state index is 11.1. The van der Waals surface area contributed by atoms with Crippen LogP contribution in [0.15, 0.2) is 5.38 Å². The third kappa shape index (κ3) is 2.88. The van der Waals surface area contributed by atoms with Crippen LogP contribution in [0.3, 0.4) is 0 Å². The van der Waals surface area contributed by atoms with E-state index in [-0.39, 0.29) is 0 Å². The van der Waals surface area contributed by atoms with Gasteiger partial charge in [0, 0.05) is 11.3 Å². The first-order valence-electron chi connectivity index (χ1n) is 6.15. The van der Waals surface area contributed by atoms with Crippen molar-refractivity contribution in [3.8, 4) is 0 Å². The highest BCUT2D eigenvalue weighted by Crippen LogP contribution is 2.30. The summed E-state index contributed by atoms with van der Waals surface area (Å²) in [6.07, 6.45) is 2.22. The van der Waals surface area contributed by atoms with Gasteiger partial charge >= 0.3 is 5.97 Å². The molecule has 0 aromatic carbocycles. The van der Waals surface area contributed by atoms with Crippen LogP contribution in [0.4, 0.5) is 0 Å². The predicted octanol–water partition coefficient (Wildman–Crippen LogP) is 1.30. The largest absolute Gasteiger partial charge is 0.480 e. The van der Waals surface area contributed by atoms with Gasteiger partial charge in [-0.05, 0) is 40.0 Å². The molecule has 0 saturated carbocycles. The number of hydrogen-bond donors (Lipinski definition) is 2. The monoisotopic (exact) mass is 269 g/mol. The molecule has 0 spiro atoms. The highest BCUT2D eigenvalue weighted by Gasteiger charge is 2.25. The van der Waals surface area contributed by atoms with Crippen molar-refractivity contribution >= 4 is 17.3 Å². The van der Waals surface area contributed by atoms with Crippen molar-refractivity contribution in [3.05, 3.63) is 16.1 Å². The van der Waals surface area contributed by atoms with E-state index in [0.717, 1.165) is 31.6 Å². The molecular weight excluding hydrogens is 250 g/mol. The first kappa shape index (κ1) is 13.5. The second-order valence-electron chi connectivity index (χ2n) is 4.75. The lowest BCUT2D eigenvalue weighted by atomic mass is 9.94. The van der Waals surface area contributed by atoms with Crippen LogP contribution in [-0.2, 0) is 4.79 Å². The van der Waals surface area contributed by atoms with Gasteiger partial charge in [-0.15, -0.1) is 11.3 Å². The Bertz CT molecular complexity index is 413. The summed E-state index contributed by atoms with van der Waals surface area (Å²) < 4.78 is 0. The number of carbonyl (C=O) groups is 1. The summed E-state index contributed by atoms with van der Waals surface area (Å²) in [5, 5.41) is 14.5. The quantitative estimate of drug-likeness (QED) is 0.862. The van der Waals surface area contributed by atoms with Crippen molar-refractivity contribution in [2.24, 2.45) is 0 Å². The number of nitrogens with zero attached hydrogens (tertiary/aromatic N) is 2. The number of carboxylic acid groups (broad SMARTS) is 1. The minimum atomic E-state index is -0.873. The third-order valence-corrected chi connectivity index (χ3v) is 4.39. The highest BCUT2D eigenvalue weighted by atomic mass is 32.1. The minimum absolute atomic E-state index is 0.484. The maximum Gasteiger partial charge on any atom is 0.327 e. The zero-order valence-corrected chi connectivity index (χ0v) is 11.5. The van der Waals surface area contributed by atoms with Crippen molar-refractivity contribution in [2.45, 2.75) is 24.8 Å². The van der Waals surface area contributed by atoms with E-state index in [1.807, 2.05) is 5.38 Å².